The Morgan fingerprint density at radius 2 is 2.00 bits per heavy atom. The van der Waals surface area contributed by atoms with Crippen molar-refractivity contribution in [2.24, 2.45) is 0 Å². The minimum atomic E-state index is -0.533. The number of amides is 3. The number of hydrogen-bond acceptors (Lipinski definition) is 4. The van der Waals surface area contributed by atoms with Gasteiger partial charge in [-0.3, -0.25) is 19.3 Å². The molecule has 3 rings (SSSR count). The smallest absolute Gasteiger partial charge is 0.241 e. The summed E-state index contributed by atoms with van der Waals surface area (Å²) in [6.07, 6.45) is 0.210. The highest BCUT2D eigenvalue weighted by atomic mass is 79.9. The summed E-state index contributed by atoms with van der Waals surface area (Å²) in [6, 6.07) is 12.1. The van der Waals surface area contributed by atoms with E-state index >= 15 is 0 Å². The van der Waals surface area contributed by atoms with Gasteiger partial charge in [-0.15, -0.1) is 0 Å². The lowest BCUT2D eigenvalue weighted by atomic mass is 10.1. The minimum absolute atomic E-state index is 0.0382. The van der Waals surface area contributed by atoms with Gasteiger partial charge in [-0.25, -0.2) is 0 Å². The number of benzene rings is 2. The Hall–Kier alpha value is -2.71. The van der Waals surface area contributed by atoms with Crippen LogP contribution in [0.3, 0.4) is 0 Å². The maximum atomic E-state index is 13.2. The number of nitrogens with one attached hydrogen (secondary N) is 2. The van der Waals surface area contributed by atoms with Crippen molar-refractivity contribution in [1.82, 2.24) is 4.90 Å². The molecule has 3 amide bonds. The molecule has 1 heterocycles. The maximum Gasteiger partial charge on any atom is 0.241 e. The molecule has 0 saturated carbocycles. The third-order valence-electron chi connectivity index (χ3n) is 5.44. The van der Waals surface area contributed by atoms with Gasteiger partial charge in [0.2, 0.25) is 17.7 Å². The van der Waals surface area contributed by atoms with Crippen LogP contribution in [0.25, 0.3) is 0 Å². The van der Waals surface area contributed by atoms with E-state index in [0.29, 0.717) is 17.1 Å². The van der Waals surface area contributed by atoms with Crippen LogP contribution < -0.4 is 15.5 Å². The van der Waals surface area contributed by atoms with Gasteiger partial charge in [0.1, 0.15) is 0 Å². The second-order valence-corrected chi connectivity index (χ2v) is 8.80. The van der Waals surface area contributed by atoms with Crippen molar-refractivity contribution in [2.75, 3.05) is 29.1 Å². The zero-order valence-corrected chi connectivity index (χ0v) is 19.7. The number of carbonyl (C=O) groups excluding carboxylic acids is 3. The number of hydrogen-bond donors (Lipinski definition) is 2. The van der Waals surface area contributed by atoms with Gasteiger partial charge in [0, 0.05) is 16.9 Å². The SMILES string of the molecule is Cc1ccc(NC(=O)[C@@H](C)N(C)CC(=O)N2c3ccccc3NC(=O)C[C@H]2C)c(Br)c1. The lowest BCUT2D eigenvalue weighted by Gasteiger charge is -2.31. The summed E-state index contributed by atoms with van der Waals surface area (Å²) in [6.45, 7) is 5.63. The van der Waals surface area contributed by atoms with E-state index < -0.39 is 6.04 Å². The summed E-state index contributed by atoms with van der Waals surface area (Å²) < 4.78 is 0.805. The van der Waals surface area contributed by atoms with E-state index in [1.165, 1.54) is 0 Å². The molecular formula is C23H27BrN4O3. The van der Waals surface area contributed by atoms with E-state index in [0.717, 1.165) is 10.0 Å². The number of nitrogens with zero attached hydrogens (tertiary/aromatic N) is 2. The van der Waals surface area contributed by atoms with Gasteiger partial charge >= 0.3 is 0 Å². The molecule has 8 heteroatoms. The Kier molecular flexibility index (Phi) is 7.12. The first-order valence-electron chi connectivity index (χ1n) is 10.2. The largest absolute Gasteiger partial charge is 0.324 e. The van der Waals surface area contributed by atoms with Crippen LogP contribution in [0.15, 0.2) is 46.9 Å². The molecule has 1 aliphatic heterocycles. The predicted octanol–water partition coefficient (Wildman–Crippen LogP) is 3.78. The van der Waals surface area contributed by atoms with Gasteiger partial charge < -0.3 is 15.5 Å². The van der Waals surface area contributed by atoms with Crippen LogP contribution in [0.2, 0.25) is 0 Å². The van der Waals surface area contributed by atoms with E-state index in [1.807, 2.05) is 50.2 Å². The lowest BCUT2D eigenvalue weighted by Crippen LogP contribution is -2.48. The van der Waals surface area contributed by atoms with Crippen molar-refractivity contribution in [3.63, 3.8) is 0 Å². The first-order valence-corrected chi connectivity index (χ1v) is 10.9. The van der Waals surface area contributed by atoms with Gasteiger partial charge in [-0.05, 0) is 73.6 Å². The fourth-order valence-electron chi connectivity index (χ4n) is 3.55. The summed E-state index contributed by atoms with van der Waals surface area (Å²) in [7, 11) is 1.74. The number of aryl methyl sites for hydroxylation is 1. The molecule has 164 valence electrons. The molecule has 31 heavy (non-hydrogen) atoms. The molecule has 1 aliphatic rings. The van der Waals surface area contributed by atoms with Crippen molar-refractivity contribution >= 4 is 50.7 Å². The van der Waals surface area contributed by atoms with Crippen LogP contribution in [0.4, 0.5) is 17.1 Å². The van der Waals surface area contributed by atoms with E-state index in [1.54, 1.807) is 29.8 Å². The van der Waals surface area contributed by atoms with Crippen LogP contribution in [0.5, 0.6) is 0 Å². The van der Waals surface area contributed by atoms with Crippen LogP contribution in [0, 0.1) is 6.92 Å². The van der Waals surface area contributed by atoms with Crippen molar-refractivity contribution in [2.45, 2.75) is 39.3 Å². The number of likely N-dealkylation sites (N-methyl/N-ethyl adjacent to an activating group) is 1. The minimum Gasteiger partial charge on any atom is -0.324 e. The molecule has 0 spiro atoms. The quantitative estimate of drug-likeness (QED) is 0.673. The Bertz CT molecular complexity index is 1010. The van der Waals surface area contributed by atoms with Crippen molar-refractivity contribution in [1.29, 1.82) is 0 Å². The van der Waals surface area contributed by atoms with Crippen LogP contribution in [0.1, 0.15) is 25.8 Å². The summed E-state index contributed by atoms with van der Waals surface area (Å²) in [5, 5.41) is 5.76. The molecule has 0 aliphatic carbocycles. The number of fused-ring (bicyclic) bond motifs is 1. The first-order chi connectivity index (χ1) is 14.7. The molecule has 0 fully saturated rings. The molecule has 7 nitrogen and oxygen atoms in total. The molecule has 2 aromatic carbocycles. The summed E-state index contributed by atoms with van der Waals surface area (Å²) in [5.74, 6) is -0.504. The number of para-hydroxylation sites is 2. The third kappa shape index (κ3) is 5.32. The second-order valence-electron chi connectivity index (χ2n) is 7.95. The molecule has 0 bridgehead atoms. The van der Waals surface area contributed by atoms with Crippen molar-refractivity contribution < 1.29 is 14.4 Å². The molecule has 0 aromatic heterocycles. The summed E-state index contributed by atoms with van der Waals surface area (Å²) in [4.78, 5) is 41.5. The standard InChI is InChI=1S/C23H27BrN4O3/c1-14-9-10-18(17(24)11-14)26-23(31)16(3)27(4)13-22(30)28-15(2)12-21(29)25-19-7-5-6-8-20(19)28/h5-11,15-16H,12-13H2,1-4H3,(H,25,29)(H,26,31)/t15-,16-/m1/s1. The number of halogens is 1. The Morgan fingerprint density at radius 1 is 1.29 bits per heavy atom. The average Bonchev–Trinajstić information content (AvgIpc) is 2.83. The van der Waals surface area contributed by atoms with E-state index in [2.05, 4.69) is 26.6 Å². The lowest BCUT2D eigenvalue weighted by molar-refractivity contribution is -0.123. The fourth-order valence-corrected chi connectivity index (χ4v) is 4.15. The zero-order chi connectivity index (χ0) is 22.7. The Labute approximate surface area is 190 Å². The van der Waals surface area contributed by atoms with E-state index in [4.69, 9.17) is 0 Å². The molecule has 0 radical (unpaired) electrons. The first kappa shape index (κ1) is 23.0. The summed E-state index contributed by atoms with van der Waals surface area (Å²) >= 11 is 3.47. The molecule has 2 aromatic rings. The molecule has 0 saturated heterocycles. The Morgan fingerprint density at radius 3 is 2.71 bits per heavy atom. The highest BCUT2D eigenvalue weighted by Gasteiger charge is 2.31. The highest BCUT2D eigenvalue weighted by Crippen LogP contribution is 2.31. The predicted molar refractivity (Wildman–Crippen MR) is 126 cm³/mol. The monoisotopic (exact) mass is 486 g/mol. The molecule has 2 atom stereocenters. The number of anilines is 3. The molecule has 2 N–H and O–H groups in total. The van der Waals surface area contributed by atoms with Crippen LogP contribution in [-0.4, -0.2) is 48.3 Å². The van der Waals surface area contributed by atoms with Gasteiger partial charge in [0.15, 0.2) is 0 Å². The number of rotatable bonds is 5. The van der Waals surface area contributed by atoms with E-state index in [9.17, 15) is 14.4 Å². The van der Waals surface area contributed by atoms with Gasteiger partial charge in [-0.1, -0.05) is 18.2 Å². The zero-order valence-electron chi connectivity index (χ0n) is 18.1. The third-order valence-corrected chi connectivity index (χ3v) is 6.09. The Balaban J connectivity index is 1.71. The fraction of sp³-hybridized carbons (Fsp3) is 0.348. The van der Waals surface area contributed by atoms with Crippen molar-refractivity contribution in [3.05, 3.63) is 52.5 Å². The van der Waals surface area contributed by atoms with Gasteiger partial charge in [0.25, 0.3) is 0 Å². The highest BCUT2D eigenvalue weighted by molar-refractivity contribution is 9.10. The molecular weight excluding hydrogens is 460 g/mol. The second kappa shape index (κ2) is 9.62. The number of carbonyl (C=O) groups is 3. The van der Waals surface area contributed by atoms with Gasteiger partial charge in [-0.2, -0.15) is 0 Å². The molecule has 0 unspecified atom stereocenters. The van der Waals surface area contributed by atoms with E-state index in [-0.39, 0.29) is 36.7 Å². The van der Waals surface area contributed by atoms with Crippen LogP contribution >= 0.6 is 15.9 Å². The normalized spacial score (nSPS) is 16.9. The van der Waals surface area contributed by atoms with Gasteiger partial charge in [0.05, 0.1) is 29.6 Å². The maximum absolute atomic E-state index is 13.2. The summed E-state index contributed by atoms with van der Waals surface area (Å²) in [5.41, 5.74) is 3.05. The average molecular weight is 487 g/mol. The topological polar surface area (TPSA) is 81.8 Å². The van der Waals surface area contributed by atoms with Crippen molar-refractivity contribution in [3.8, 4) is 0 Å². The van der Waals surface area contributed by atoms with Crippen LogP contribution in [-0.2, 0) is 14.4 Å².